The molecule has 1 saturated carbocycles. The van der Waals surface area contributed by atoms with Gasteiger partial charge in [0.2, 0.25) is 15.9 Å². The molecule has 0 spiro atoms. The molecule has 84 valence electrons. The van der Waals surface area contributed by atoms with E-state index in [0.717, 1.165) is 12.8 Å². The zero-order valence-corrected chi connectivity index (χ0v) is 9.41. The molecule has 15 heavy (non-hydrogen) atoms. The fraction of sp³-hybridized carbons (Fsp3) is 0.750. The molecule has 0 aromatic carbocycles. The number of nitrogens with zero attached hydrogens (tertiary/aromatic N) is 2. The number of rotatable bonds is 4. The largest absolute Gasteiger partial charge is 0.407 e. The van der Waals surface area contributed by atoms with Gasteiger partial charge in [-0.25, -0.2) is 13.1 Å². The molecule has 7 heteroatoms. The summed E-state index contributed by atoms with van der Waals surface area (Å²) in [5.41, 5.74) is 0. The topological polar surface area (TPSA) is 85.1 Å². The van der Waals surface area contributed by atoms with Crippen LogP contribution in [0.15, 0.2) is 4.42 Å². The van der Waals surface area contributed by atoms with E-state index in [9.17, 15) is 8.42 Å². The lowest BCUT2D eigenvalue weighted by Gasteiger charge is -2.05. The predicted octanol–water partition coefficient (Wildman–Crippen LogP) is 1.10. The third-order valence-electron chi connectivity index (χ3n) is 2.22. The van der Waals surface area contributed by atoms with Gasteiger partial charge >= 0.3 is 6.01 Å². The van der Waals surface area contributed by atoms with E-state index in [1.54, 1.807) is 13.8 Å². The lowest BCUT2D eigenvalue weighted by atomic mass is 10.4. The maximum Gasteiger partial charge on any atom is 0.329 e. The average Bonchev–Trinajstić information content (AvgIpc) is 2.88. The molecule has 1 fully saturated rings. The standard InChI is InChI=1S/C8H13N3O3S/c1-5(2)15(12,13)11-8-10-9-7(14-8)6-3-4-6/h5-6H,3-4H2,1-2H3,(H,10,11). The quantitative estimate of drug-likeness (QED) is 0.838. The summed E-state index contributed by atoms with van der Waals surface area (Å²) < 4.78 is 30.3. The highest BCUT2D eigenvalue weighted by molar-refractivity contribution is 7.93. The minimum absolute atomic E-state index is 0.0365. The first-order chi connectivity index (χ1) is 6.99. The van der Waals surface area contributed by atoms with E-state index in [-0.39, 0.29) is 6.01 Å². The molecule has 0 atom stereocenters. The minimum atomic E-state index is -3.39. The Bertz CT molecular complexity index is 447. The van der Waals surface area contributed by atoms with Crippen molar-refractivity contribution in [3.05, 3.63) is 5.89 Å². The van der Waals surface area contributed by atoms with Gasteiger partial charge in [0, 0.05) is 5.92 Å². The Labute approximate surface area is 88.1 Å². The Kier molecular flexibility index (Phi) is 2.41. The molecule has 1 aliphatic carbocycles. The fourth-order valence-corrected chi connectivity index (χ4v) is 1.57. The number of hydrogen-bond donors (Lipinski definition) is 1. The second kappa shape index (κ2) is 3.48. The van der Waals surface area contributed by atoms with Crippen molar-refractivity contribution < 1.29 is 12.8 Å². The van der Waals surface area contributed by atoms with E-state index >= 15 is 0 Å². The van der Waals surface area contributed by atoms with Gasteiger partial charge in [0.1, 0.15) is 0 Å². The van der Waals surface area contributed by atoms with Crippen LogP contribution in [0.1, 0.15) is 38.5 Å². The lowest BCUT2D eigenvalue weighted by molar-refractivity contribution is 0.510. The van der Waals surface area contributed by atoms with Gasteiger partial charge in [0.15, 0.2) is 0 Å². The molecule has 0 aliphatic heterocycles. The first kappa shape index (κ1) is 10.4. The van der Waals surface area contributed by atoms with Crippen LogP contribution in [0.4, 0.5) is 6.01 Å². The van der Waals surface area contributed by atoms with Crippen molar-refractivity contribution in [2.24, 2.45) is 0 Å². The molecule has 1 aliphatic rings. The Hall–Kier alpha value is -1.11. The van der Waals surface area contributed by atoms with E-state index in [1.165, 1.54) is 0 Å². The van der Waals surface area contributed by atoms with Gasteiger partial charge in [-0.3, -0.25) is 0 Å². The average molecular weight is 231 g/mol. The van der Waals surface area contributed by atoms with Crippen LogP contribution in [0.3, 0.4) is 0 Å². The molecule has 1 N–H and O–H groups in total. The Balaban J connectivity index is 2.10. The van der Waals surface area contributed by atoms with E-state index in [4.69, 9.17) is 4.42 Å². The third-order valence-corrected chi connectivity index (χ3v) is 3.92. The highest BCUT2D eigenvalue weighted by Gasteiger charge is 2.30. The summed E-state index contributed by atoms with van der Waals surface area (Å²) in [4.78, 5) is 0. The van der Waals surface area contributed by atoms with Crippen molar-refractivity contribution in [2.45, 2.75) is 37.9 Å². The molecule has 1 aromatic heterocycles. The van der Waals surface area contributed by atoms with Crippen LogP contribution in [0.25, 0.3) is 0 Å². The molecular weight excluding hydrogens is 218 g/mol. The van der Waals surface area contributed by atoms with Gasteiger partial charge in [-0.1, -0.05) is 5.10 Å². The number of aromatic nitrogens is 2. The highest BCUT2D eigenvalue weighted by atomic mass is 32.2. The molecule has 1 heterocycles. The number of anilines is 1. The monoisotopic (exact) mass is 231 g/mol. The molecule has 0 saturated heterocycles. The normalized spacial score (nSPS) is 17.0. The first-order valence-corrected chi connectivity index (χ1v) is 6.38. The van der Waals surface area contributed by atoms with Gasteiger partial charge in [-0.2, -0.15) is 0 Å². The van der Waals surface area contributed by atoms with Crippen LogP contribution in [0.2, 0.25) is 0 Å². The zero-order valence-electron chi connectivity index (χ0n) is 8.60. The van der Waals surface area contributed by atoms with Gasteiger partial charge in [-0.15, -0.1) is 5.10 Å². The summed E-state index contributed by atoms with van der Waals surface area (Å²) >= 11 is 0. The number of nitrogens with one attached hydrogen (secondary N) is 1. The van der Waals surface area contributed by atoms with Crippen molar-refractivity contribution in [3.8, 4) is 0 Å². The van der Waals surface area contributed by atoms with Gasteiger partial charge in [-0.05, 0) is 26.7 Å². The predicted molar refractivity (Wildman–Crippen MR) is 54.0 cm³/mol. The van der Waals surface area contributed by atoms with Crippen molar-refractivity contribution >= 4 is 16.0 Å². The van der Waals surface area contributed by atoms with E-state index < -0.39 is 15.3 Å². The molecule has 0 radical (unpaired) electrons. The van der Waals surface area contributed by atoms with Crippen molar-refractivity contribution in [3.63, 3.8) is 0 Å². The zero-order chi connectivity index (χ0) is 11.1. The van der Waals surface area contributed by atoms with Crippen LogP contribution in [-0.2, 0) is 10.0 Å². The fourth-order valence-electron chi connectivity index (χ4n) is 1.01. The molecule has 0 amide bonds. The maximum atomic E-state index is 11.5. The van der Waals surface area contributed by atoms with Crippen molar-refractivity contribution in [2.75, 3.05) is 4.72 Å². The van der Waals surface area contributed by atoms with Crippen LogP contribution in [-0.4, -0.2) is 23.9 Å². The van der Waals surface area contributed by atoms with Crippen molar-refractivity contribution in [1.29, 1.82) is 0 Å². The Morgan fingerprint density at radius 3 is 2.60 bits per heavy atom. The molecule has 1 aromatic rings. The molecule has 0 unspecified atom stereocenters. The summed E-state index contributed by atoms with van der Waals surface area (Å²) in [6.07, 6.45) is 2.08. The molecule has 2 rings (SSSR count). The summed E-state index contributed by atoms with van der Waals surface area (Å²) in [6.45, 7) is 3.17. The summed E-state index contributed by atoms with van der Waals surface area (Å²) in [5.74, 6) is 0.853. The van der Waals surface area contributed by atoms with Crippen LogP contribution in [0, 0.1) is 0 Å². The van der Waals surface area contributed by atoms with Gasteiger partial charge < -0.3 is 4.42 Å². The SMILES string of the molecule is CC(C)S(=O)(=O)Nc1nnc(C2CC2)o1. The van der Waals surface area contributed by atoms with Crippen LogP contribution >= 0.6 is 0 Å². The lowest BCUT2D eigenvalue weighted by Crippen LogP contribution is -2.22. The second-order valence-electron chi connectivity index (χ2n) is 3.92. The molecular formula is C8H13N3O3S. The van der Waals surface area contributed by atoms with Crippen molar-refractivity contribution in [1.82, 2.24) is 10.2 Å². The van der Waals surface area contributed by atoms with E-state index in [1.807, 2.05) is 0 Å². The second-order valence-corrected chi connectivity index (χ2v) is 6.15. The van der Waals surface area contributed by atoms with Gasteiger partial charge in [0.25, 0.3) is 0 Å². The van der Waals surface area contributed by atoms with Crippen LogP contribution in [0.5, 0.6) is 0 Å². The Morgan fingerprint density at radius 1 is 1.40 bits per heavy atom. The highest BCUT2D eigenvalue weighted by Crippen LogP contribution is 2.39. The summed E-state index contributed by atoms with van der Waals surface area (Å²) in [5, 5.41) is 6.90. The molecule has 0 bridgehead atoms. The Morgan fingerprint density at radius 2 is 2.07 bits per heavy atom. The summed E-state index contributed by atoms with van der Waals surface area (Å²) in [6, 6.07) is -0.0365. The molecule has 6 nitrogen and oxygen atoms in total. The van der Waals surface area contributed by atoms with E-state index in [0.29, 0.717) is 11.8 Å². The smallest absolute Gasteiger partial charge is 0.329 e. The third kappa shape index (κ3) is 2.28. The van der Waals surface area contributed by atoms with E-state index in [2.05, 4.69) is 14.9 Å². The number of hydrogen-bond acceptors (Lipinski definition) is 5. The van der Waals surface area contributed by atoms with Crippen LogP contribution < -0.4 is 4.72 Å². The van der Waals surface area contributed by atoms with Gasteiger partial charge in [0.05, 0.1) is 5.25 Å². The number of sulfonamides is 1. The minimum Gasteiger partial charge on any atom is -0.407 e. The first-order valence-electron chi connectivity index (χ1n) is 4.84. The maximum absolute atomic E-state index is 11.5. The summed E-state index contributed by atoms with van der Waals surface area (Å²) in [7, 11) is -3.39.